The molecule has 0 spiro atoms. The molecule has 2 aromatic rings. The van der Waals surface area contributed by atoms with E-state index in [9.17, 15) is 0 Å². The highest BCUT2D eigenvalue weighted by Gasteiger charge is 2.06. The summed E-state index contributed by atoms with van der Waals surface area (Å²) < 4.78 is 0. The van der Waals surface area contributed by atoms with Crippen LogP contribution in [-0.4, -0.2) is 4.98 Å². The van der Waals surface area contributed by atoms with E-state index in [1.165, 1.54) is 11.8 Å². The van der Waals surface area contributed by atoms with Gasteiger partial charge in [-0.1, -0.05) is 17.7 Å². The summed E-state index contributed by atoms with van der Waals surface area (Å²) in [6, 6.07) is 9.76. The number of aromatic nitrogens is 1. The van der Waals surface area contributed by atoms with Crippen LogP contribution in [0.2, 0.25) is 0 Å². The Hall–Kier alpha value is -2.54. The molecule has 1 aromatic carbocycles. The van der Waals surface area contributed by atoms with Crippen molar-refractivity contribution in [3.63, 3.8) is 0 Å². The predicted octanol–water partition coefficient (Wildman–Crippen LogP) is 2.90. The number of anilines is 3. The van der Waals surface area contributed by atoms with Crippen LogP contribution < -0.4 is 11.1 Å². The molecule has 0 fully saturated rings. The van der Waals surface area contributed by atoms with Gasteiger partial charge in [0.15, 0.2) is 0 Å². The average Bonchev–Trinajstić information content (AvgIpc) is 2.34. The Labute approximate surface area is 106 Å². The van der Waals surface area contributed by atoms with E-state index in [1.807, 2.05) is 26.0 Å². The van der Waals surface area contributed by atoms with Gasteiger partial charge in [-0.25, -0.2) is 4.98 Å². The third kappa shape index (κ3) is 2.41. The molecule has 90 valence electrons. The second kappa shape index (κ2) is 4.76. The highest BCUT2D eigenvalue weighted by atomic mass is 15.0. The number of aryl methyl sites for hydroxylation is 2. The first kappa shape index (κ1) is 11.9. The standard InChI is InChI=1S/C14H14N4/c1-9-3-4-13(10(2)5-9)18-14-11(7-15)6-12(16)8-17-14/h3-6,8H,16H2,1-2H3,(H,17,18). The van der Waals surface area contributed by atoms with Crippen molar-refractivity contribution in [1.29, 1.82) is 5.26 Å². The minimum Gasteiger partial charge on any atom is -0.397 e. The number of hydrogen-bond acceptors (Lipinski definition) is 4. The number of nitrogen functional groups attached to an aromatic ring is 1. The Morgan fingerprint density at radius 2 is 2.06 bits per heavy atom. The van der Waals surface area contributed by atoms with Crippen molar-refractivity contribution < 1.29 is 0 Å². The van der Waals surface area contributed by atoms with E-state index in [-0.39, 0.29) is 0 Å². The van der Waals surface area contributed by atoms with Crippen LogP contribution in [0.5, 0.6) is 0 Å². The van der Waals surface area contributed by atoms with Crippen LogP contribution in [0.4, 0.5) is 17.2 Å². The Bertz CT molecular complexity index is 626. The molecule has 4 heteroatoms. The molecule has 4 nitrogen and oxygen atoms in total. The maximum absolute atomic E-state index is 9.05. The SMILES string of the molecule is Cc1ccc(Nc2ncc(N)cc2C#N)c(C)c1. The van der Waals surface area contributed by atoms with E-state index in [0.717, 1.165) is 11.3 Å². The van der Waals surface area contributed by atoms with Crippen LogP contribution in [-0.2, 0) is 0 Å². The Morgan fingerprint density at radius 1 is 1.28 bits per heavy atom. The minimum absolute atomic E-state index is 0.440. The minimum atomic E-state index is 0.440. The molecule has 0 saturated heterocycles. The molecular weight excluding hydrogens is 224 g/mol. The van der Waals surface area contributed by atoms with E-state index < -0.39 is 0 Å². The first-order valence-corrected chi connectivity index (χ1v) is 5.60. The first-order valence-electron chi connectivity index (χ1n) is 5.60. The third-order valence-electron chi connectivity index (χ3n) is 2.66. The fourth-order valence-electron chi connectivity index (χ4n) is 1.75. The molecule has 0 amide bonds. The molecule has 0 aliphatic heterocycles. The van der Waals surface area contributed by atoms with Gasteiger partial charge in [0.05, 0.1) is 17.4 Å². The molecule has 1 heterocycles. The zero-order valence-corrected chi connectivity index (χ0v) is 10.4. The largest absolute Gasteiger partial charge is 0.397 e. The summed E-state index contributed by atoms with van der Waals surface area (Å²) in [5, 5.41) is 12.2. The lowest BCUT2D eigenvalue weighted by molar-refractivity contribution is 1.27. The van der Waals surface area contributed by atoms with E-state index in [4.69, 9.17) is 11.0 Å². The smallest absolute Gasteiger partial charge is 0.148 e. The van der Waals surface area contributed by atoms with Gasteiger partial charge in [-0.05, 0) is 31.5 Å². The van der Waals surface area contributed by atoms with Crippen LogP contribution in [0.1, 0.15) is 16.7 Å². The van der Waals surface area contributed by atoms with E-state index >= 15 is 0 Å². The highest BCUT2D eigenvalue weighted by Crippen LogP contribution is 2.23. The van der Waals surface area contributed by atoms with Gasteiger partial charge < -0.3 is 11.1 Å². The number of nitrogens with one attached hydrogen (secondary N) is 1. The van der Waals surface area contributed by atoms with Crippen LogP contribution in [0, 0.1) is 25.2 Å². The molecule has 3 N–H and O–H groups in total. The molecule has 18 heavy (non-hydrogen) atoms. The molecule has 2 rings (SSSR count). The van der Waals surface area contributed by atoms with Gasteiger partial charge >= 0.3 is 0 Å². The molecule has 0 atom stereocenters. The Balaban J connectivity index is 2.37. The fraction of sp³-hybridized carbons (Fsp3) is 0.143. The third-order valence-corrected chi connectivity index (χ3v) is 2.66. The zero-order valence-electron chi connectivity index (χ0n) is 10.4. The van der Waals surface area contributed by atoms with Gasteiger partial charge in [0.1, 0.15) is 11.9 Å². The normalized spacial score (nSPS) is 9.83. The highest BCUT2D eigenvalue weighted by molar-refractivity contribution is 5.67. The lowest BCUT2D eigenvalue weighted by Crippen LogP contribution is -2.00. The van der Waals surface area contributed by atoms with Crippen molar-refractivity contribution in [3.8, 4) is 6.07 Å². The second-order valence-electron chi connectivity index (χ2n) is 4.22. The summed E-state index contributed by atoms with van der Waals surface area (Å²) in [6.07, 6.45) is 1.53. The number of hydrogen-bond donors (Lipinski definition) is 2. The van der Waals surface area contributed by atoms with Gasteiger partial charge in [0.25, 0.3) is 0 Å². The lowest BCUT2D eigenvalue weighted by atomic mass is 10.1. The van der Waals surface area contributed by atoms with Crippen molar-refractivity contribution >= 4 is 17.2 Å². The summed E-state index contributed by atoms with van der Waals surface area (Å²) >= 11 is 0. The zero-order chi connectivity index (χ0) is 13.1. The van der Waals surface area contributed by atoms with E-state index in [2.05, 4.69) is 22.4 Å². The number of benzene rings is 1. The van der Waals surface area contributed by atoms with Crippen LogP contribution in [0.3, 0.4) is 0 Å². The topological polar surface area (TPSA) is 74.7 Å². The van der Waals surface area contributed by atoms with E-state index in [1.54, 1.807) is 6.07 Å². The number of nitrogens with zero attached hydrogens (tertiary/aromatic N) is 2. The van der Waals surface area contributed by atoms with Crippen molar-refractivity contribution in [2.75, 3.05) is 11.1 Å². The molecular formula is C14H14N4. The number of nitriles is 1. The lowest BCUT2D eigenvalue weighted by Gasteiger charge is -2.10. The molecule has 0 aliphatic carbocycles. The Morgan fingerprint density at radius 3 is 2.72 bits per heavy atom. The monoisotopic (exact) mass is 238 g/mol. The van der Waals surface area contributed by atoms with Crippen LogP contribution in [0.25, 0.3) is 0 Å². The number of pyridine rings is 1. The van der Waals surface area contributed by atoms with Gasteiger partial charge in [-0.2, -0.15) is 5.26 Å². The summed E-state index contributed by atoms with van der Waals surface area (Å²) in [7, 11) is 0. The van der Waals surface area contributed by atoms with Crippen LogP contribution >= 0.6 is 0 Å². The maximum Gasteiger partial charge on any atom is 0.148 e. The van der Waals surface area contributed by atoms with Crippen molar-refractivity contribution in [1.82, 2.24) is 4.98 Å². The van der Waals surface area contributed by atoms with Crippen LogP contribution in [0.15, 0.2) is 30.5 Å². The quantitative estimate of drug-likeness (QED) is 0.843. The van der Waals surface area contributed by atoms with Gasteiger partial charge in [-0.15, -0.1) is 0 Å². The molecule has 0 bridgehead atoms. The summed E-state index contributed by atoms with van der Waals surface area (Å²) in [4.78, 5) is 4.15. The second-order valence-corrected chi connectivity index (χ2v) is 4.22. The summed E-state index contributed by atoms with van der Waals surface area (Å²) in [6.45, 7) is 4.05. The van der Waals surface area contributed by atoms with Gasteiger partial charge in [-0.3, -0.25) is 0 Å². The van der Waals surface area contributed by atoms with Crippen molar-refractivity contribution in [3.05, 3.63) is 47.2 Å². The molecule has 0 radical (unpaired) electrons. The predicted molar refractivity (Wildman–Crippen MR) is 72.6 cm³/mol. The molecule has 1 aromatic heterocycles. The van der Waals surface area contributed by atoms with Gasteiger partial charge in [0, 0.05) is 5.69 Å². The summed E-state index contributed by atoms with van der Waals surface area (Å²) in [5.41, 5.74) is 9.77. The van der Waals surface area contributed by atoms with E-state index in [0.29, 0.717) is 17.1 Å². The van der Waals surface area contributed by atoms with Gasteiger partial charge in [0.2, 0.25) is 0 Å². The fourth-order valence-corrected chi connectivity index (χ4v) is 1.75. The average molecular weight is 238 g/mol. The first-order chi connectivity index (χ1) is 8.60. The van der Waals surface area contributed by atoms with Crippen molar-refractivity contribution in [2.45, 2.75) is 13.8 Å². The number of nitrogens with two attached hydrogens (primary N) is 1. The van der Waals surface area contributed by atoms with Crippen molar-refractivity contribution in [2.24, 2.45) is 0 Å². The molecule has 0 saturated carbocycles. The summed E-state index contributed by atoms with van der Waals surface area (Å²) in [5.74, 6) is 0.527. The maximum atomic E-state index is 9.05. The molecule has 0 aliphatic rings. The Kier molecular flexibility index (Phi) is 3.16. The number of rotatable bonds is 2. The molecule has 0 unspecified atom stereocenters.